The van der Waals surface area contributed by atoms with Crippen LogP contribution in [-0.4, -0.2) is 68.2 Å². The topological polar surface area (TPSA) is 196 Å². The Hall–Kier alpha value is -5.04. The molecule has 5 rings (SSSR count). The van der Waals surface area contributed by atoms with Crippen LogP contribution < -0.4 is 27.7 Å². The van der Waals surface area contributed by atoms with Crippen molar-refractivity contribution in [2.24, 2.45) is 10.7 Å². The highest BCUT2D eigenvalue weighted by Gasteiger charge is 2.17. The number of anilines is 2. The van der Waals surface area contributed by atoms with E-state index in [1.54, 1.807) is 12.3 Å². The number of allylic oxidation sites excluding steroid dienone is 1. The van der Waals surface area contributed by atoms with Crippen LogP contribution >= 0.6 is 0 Å². The molecule has 1 aliphatic rings. The lowest BCUT2D eigenvalue weighted by Gasteiger charge is -2.14. The lowest BCUT2D eigenvalue weighted by Crippen LogP contribution is -2.30. The monoisotopic (exact) mass is 557 g/mol. The zero-order valence-corrected chi connectivity index (χ0v) is 23.4. The molecule has 13 nitrogen and oxygen atoms in total. The van der Waals surface area contributed by atoms with Crippen molar-refractivity contribution >= 4 is 40.1 Å². The number of nitrogens with one attached hydrogen (secondary N) is 4. The van der Waals surface area contributed by atoms with Crippen molar-refractivity contribution in [2.45, 2.75) is 26.7 Å². The molecule has 4 aromatic rings. The van der Waals surface area contributed by atoms with E-state index in [1.807, 2.05) is 45.3 Å². The second-order valence-corrected chi connectivity index (χ2v) is 9.61. The molecule has 0 unspecified atom stereocenters. The summed E-state index contributed by atoms with van der Waals surface area (Å²) in [5.74, 6) is 0.848. The van der Waals surface area contributed by atoms with Gasteiger partial charge < -0.3 is 32.1 Å². The van der Waals surface area contributed by atoms with Gasteiger partial charge in [-0.1, -0.05) is 12.1 Å². The number of aliphatic imine (C=N–C) groups is 1. The number of hydrogen-bond acceptors (Lipinski definition) is 9. The Labute approximate surface area is 237 Å². The van der Waals surface area contributed by atoms with Gasteiger partial charge in [0, 0.05) is 42.2 Å². The number of aromatic nitrogens is 5. The standard InChI is InChI=1S/C24H30N8O.C4H5N3O/c1-15-12-28-24(30-20(25)11-16(2)26-3)31-22(15)18-13-27-23-17(18)7-6-8-19(23)29-21(33)14-32-9-4-5-10-32;5-3-1-4(8)7-2-6-3/h6-8,11-13,26-27H,4-5,9-10,14H2,1-3H3,(H,29,33)(H2,25,28,30,31);1-2H,(H3,5,6,7,8)/b16-11-;. The van der Waals surface area contributed by atoms with Crippen LogP contribution in [0.2, 0.25) is 0 Å². The van der Waals surface area contributed by atoms with Crippen LogP contribution in [0.3, 0.4) is 0 Å². The van der Waals surface area contributed by atoms with Gasteiger partial charge in [-0.15, -0.1) is 0 Å². The van der Waals surface area contributed by atoms with Gasteiger partial charge in [-0.3, -0.25) is 14.5 Å². The van der Waals surface area contributed by atoms with Gasteiger partial charge >= 0.3 is 0 Å². The maximum Gasteiger partial charge on any atom is 0.252 e. The molecular weight excluding hydrogens is 522 g/mol. The van der Waals surface area contributed by atoms with Crippen molar-refractivity contribution in [1.82, 2.24) is 35.1 Å². The Morgan fingerprint density at radius 2 is 2.00 bits per heavy atom. The molecule has 1 amide bonds. The molecule has 0 spiro atoms. The number of fused-ring (bicyclic) bond motifs is 1. The first-order valence-electron chi connectivity index (χ1n) is 13.2. The average molecular weight is 558 g/mol. The zero-order valence-electron chi connectivity index (χ0n) is 23.4. The molecule has 13 heteroatoms. The van der Waals surface area contributed by atoms with Crippen LogP contribution in [-0.2, 0) is 4.79 Å². The van der Waals surface area contributed by atoms with E-state index in [2.05, 4.69) is 45.4 Å². The van der Waals surface area contributed by atoms with E-state index >= 15 is 0 Å². The molecule has 214 valence electrons. The van der Waals surface area contributed by atoms with Crippen molar-refractivity contribution in [3.63, 3.8) is 0 Å². The molecule has 4 heterocycles. The maximum absolute atomic E-state index is 12.6. The summed E-state index contributed by atoms with van der Waals surface area (Å²) in [6.45, 7) is 6.24. The molecule has 1 aliphatic heterocycles. The van der Waals surface area contributed by atoms with Gasteiger partial charge in [-0.2, -0.15) is 4.99 Å². The predicted octanol–water partition coefficient (Wildman–Crippen LogP) is 2.43. The van der Waals surface area contributed by atoms with Crippen molar-refractivity contribution in [3.05, 3.63) is 70.7 Å². The highest BCUT2D eigenvalue weighted by molar-refractivity contribution is 6.06. The van der Waals surface area contributed by atoms with Gasteiger partial charge in [0.2, 0.25) is 5.91 Å². The summed E-state index contributed by atoms with van der Waals surface area (Å²) in [7, 11) is 1.82. The second kappa shape index (κ2) is 13.3. The Morgan fingerprint density at radius 1 is 1.22 bits per heavy atom. The summed E-state index contributed by atoms with van der Waals surface area (Å²) in [6, 6.07) is 7.07. The molecule has 0 saturated carbocycles. The quantitative estimate of drug-likeness (QED) is 0.146. The van der Waals surface area contributed by atoms with E-state index in [4.69, 9.17) is 11.5 Å². The first-order valence-corrected chi connectivity index (χ1v) is 13.2. The minimum absolute atomic E-state index is 0.00391. The molecule has 0 radical (unpaired) electrons. The number of carbonyl (C=O) groups excluding carboxylic acids is 1. The average Bonchev–Trinajstić information content (AvgIpc) is 3.60. The first kappa shape index (κ1) is 29.0. The third-order valence-corrected chi connectivity index (χ3v) is 6.46. The van der Waals surface area contributed by atoms with Crippen LogP contribution in [0.15, 0.2) is 64.5 Å². The number of aryl methyl sites for hydroxylation is 1. The third kappa shape index (κ3) is 7.76. The number of amidine groups is 1. The molecule has 1 fully saturated rings. The lowest BCUT2D eigenvalue weighted by atomic mass is 10.1. The fourth-order valence-corrected chi connectivity index (χ4v) is 4.37. The number of aromatic amines is 2. The van der Waals surface area contributed by atoms with Gasteiger partial charge in [0.25, 0.3) is 11.5 Å². The van der Waals surface area contributed by atoms with E-state index in [1.165, 1.54) is 12.4 Å². The van der Waals surface area contributed by atoms with Crippen LogP contribution in [0, 0.1) is 6.92 Å². The number of nitrogens with two attached hydrogens (primary N) is 2. The Balaban J connectivity index is 0.000000417. The normalized spacial score (nSPS) is 14.0. The largest absolute Gasteiger partial charge is 0.392 e. The molecule has 0 aliphatic carbocycles. The number of likely N-dealkylation sites (tertiary alicyclic amines) is 1. The first-order chi connectivity index (χ1) is 19.7. The SMILES string of the molecule is CN/C(C)=C\C(N)=N/c1ncc(C)c(-c2c[nH]c3c(NC(=O)CN4CCCC4)cccc23)n1.Nc1cc(=O)[nH]cn1. The minimum Gasteiger partial charge on any atom is -0.392 e. The third-order valence-electron chi connectivity index (χ3n) is 6.46. The van der Waals surface area contributed by atoms with Crippen molar-refractivity contribution in [2.75, 3.05) is 37.7 Å². The minimum atomic E-state index is -0.225. The van der Waals surface area contributed by atoms with Crippen molar-refractivity contribution in [3.8, 4) is 11.3 Å². The summed E-state index contributed by atoms with van der Waals surface area (Å²) in [5, 5.41) is 7.03. The van der Waals surface area contributed by atoms with E-state index in [0.29, 0.717) is 12.4 Å². The van der Waals surface area contributed by atoms with Crippen LogP contribution in [0.5, 0.6) is 0 Å². The van der Waals surface area contributed by atoms with Gasteiger partial charge in [0.15, 0.2) is 0 Å². The van der Waals surface area contributed by atoms with E-state index < -0.39 is 0 Å². The molecule has 0 bridgehead atoms. The maximum atomic E-state index is 12.6. The van der Waals surface area contributed by atoms with Gasteiger partial charge in [0.05, 0.1) is 29.8 Å². The summed E-state index contributed by atoms with van der Waals surface area (Å²) in [4.78, 5) is 47.5. The second-order valence-electron chi connectivity index (χ2n) is 9.61. The predicted molar refractivity (Wildman–Crippen MR) is 162 cm³/mol. The van der Waals surface area contributed by atoms with Gasteiger partial charge in [-0.25, -0.2) is 15.0 Å². The number of H-pyrrole nitrogens is 2. The van der Waals surface area contributed by atoms with Crippen molar-refractivity contribution < 1.29 is 4.79 Å². The molecule has 3 aromatic heterocycles. The van der Waals surface area contributed by atoms with Crippen LogP contribution in [0.25, 0.3) is 22.2 Å². The molecule has 1 saturated heterocycles. The summed E-state index contributed by atoms with van der Waals surface area (Å²) in [5.41, 5.74) is 16.0. The van der Waals surface area contributed by atoms with Crippen LogP contribution in [0.1, 0.15) is 25.3 Å². The number of carbonyl (C=O) groups is 1. The zero-order chi connectivity index (χ0) is 29.4. The molecule has 41 heavy (non-hydrogen) atoms. The summed E-state index contributed by atoms with van der Waals surface area (Å²) in [6.07, 6.45) is 8.94. The van der Waals surface area contributed by atoms with Crippen molar-refractivity contribution in [1.29, 1.82) is 0 Å². The number of nitrogen functional groups attached to an aromatic ring is 1. The lowest BCUT2D eigenvalue weighted by molar-refractivity contribution is -0.117. The van der Waals surface area contributed by atoms with E-state index in [-0.39, 0.29) is 23.2 Å². The number of amides is 1. The Morgan fingerprint density at radius 3 is 2.68 bits per heavy atom. The summed E-state index contributed by atoms with van der Waals surface area (Å²) >= 11 is 0. The molecule has 1 aromatic carbocycles. The number of benzene rings is 1. The number of hydrogen-bond donors (Lipinski definition) is 6. The fraction of sp³-hybridized carbons (Fsp3) is 0.286. The van der Waals surface area contributed by atoms with Gasteiger partial charge in [-0.05, 0) is 57.5 Å². The number of nitrogens with zero attached hydrogens (tertiary/aromatic N) is 5. The highest BCUT2D eigenvalue weighted by atomic mass is 16.2. The smallest absolute Gasteiger partial charge is 0.252 e. The van der Waals surface area contributed by atoms with E-state index in [0.717, 1.165) is 65.0 Å². The molecule has 8 N–H and O–H groups in total. The van der Waals surface area contributed by atoms with E-state index in [9.17, 15) is 9.59 Å². The van der Waals surface area contributed by atoms with Crippen LogP contribution in [0.4, 0.5) is 17.5 Å². The Kier molecular flexibility index (Phi) is 9.43. The fourth-order valence-electron chi connectivity index (χ4n) is 4.37. The number of rotatable bonds is 7. The highest BCUT2D eigenvalue weighted by Crippen LogP contribution is 2.33. The number of para-hydroxylation sites is 1. The molecule has 0 atom stereocenters. The summed E-state index contributed by atoms with van der Waals surface area (Å²) < 4.78 is 0. The Bertz CT molecular complexity index is 1630. The van der Waals surface area contributed by atoms with Gasteiger partial charge in [0.1, 0.15) is 11.7 Å². The molecular formula is C28H35N11O2.